The van der Waals surface area contributed by atoms with Crippen LogP contribution in [0.5, 0.6) is 0 Å². The summed E-state index contributed by atoms with van der Waals surface area (Å²) in [5.41, 5.74) is 7.13. The molecule has 1 aliphatic heterocycles. The summed E-state index contributed by atoms with van der Waals surface area (Å²) in [4.78, 5) is 14.4. The maximum Gasteiger partial charge on any atom is 0.255 e. The van der Waals surface area contributed by atoms with Crippen molar-refractivity contribution in [2.45, 2.75) is 26.7 Å². The van der Waals surface area contributed by atoms with E-state index in [4.69, 9.17) is 10.9 Å². The first-order valence-electron chi connectivity index (χ1n) is 6.91. The second-order valence-corrected chi connectivity index (χ2v) is 6.57. The summed E-state index contributed by atoms with van der Waals surface area (Å²) in [6, 6.07) is 5.68. The minimum atomic E-state index is -0.338. The number of piperidine rings is 1. The third-order valence-electron chi connectivity index (χ3n) is 4.30. The van der Waals surface area contributed by atoms with Crippen molar-refractivity contribution in [3.8, 4) is 0 Å². The van der Waals surface area contributed by atoms with Gasteiger partial charge in [-0.3, -0.25) is 4.79 Å². The van der Waals surface area contributed by atoms with Crippen molar-refractivity contribution in [2.24, 2.45) is 16.3 Å². The summed E-state index contributed by atoms with van der Waals surface area (Å²) < 4.78 is 0.847. The minimum absolute atomic E-state index is 0.0205. The molecule has 21 heavy (non-hydrogen) atoms. The van der Waals surface area contributed by atoms with E-state index in [-0.39, 0.29) is 17.2 Å². The van der Waals surface area contributed by atoms with Gasteiger partial charge in [0.15, 0.2) is 0 Å². The number of likely N-dealkylation sites (tertiary alicyclic amines) is 1. The average Bonchev–Trinajstić information content (AvgIpc) is 2.49. The van der Waals surface area contributed by atoms with E-state index in [9.17, 15) is 4.79 Å². The summed E-state index contributed by atoms with van der Waals surface area (Å²) in [6.45, 7) is 5.14. The molecule has 1 heterocycles. The van der Waals surface area contributed by atoms with Gasteiger partial charge < -0.3 is 15.8 Å². The van der Waals surface area contributed by atoms with Gasteiger partial charge in [0.2, 0.25) is 0 Å². The zero-order valence-corrected chi connectivity index (χ0v) is 13.9. The SMILES string of the molecule is Cc1cccc(C(=O)N2CCC(C)(/C(N)=N/O)CC2)c1Br. The molecule has 6 heteroatoms. The van der Waals surface area contributed by atoms with Gasteiger partial charge in [0.25, 0.3) is 5.91 Å². The van der Waals surface area contributed by atoms with Gasteiger partial charge >= 0.3 is 0 Å². The number of rotatable bonds is 2. The number of nitrogens with zero attached hydrogens (tertiary/aromatic N) is 2. The molecule has 0 bridgehead atoms. The van der Waals surface area contributed by atoms with Crippen LogP contribution < -0.4 is 5.73 Å². The number of hydrogen-bond acceptors (Lipinski definition) is 3. The van der Waals surface area contributed by atoms with Gasteiger partial charge in [-0.15, -0.1) is 0 Å². The average molecular weight is 354 g/mol. The number of carbonyl (C=O) groups is 1. The lowest BCUT2D eigenvalue weighted by Gasteiger charge is -2.38. The van der Waals surface area contributed by atoms with Gasteiger partial charge in [-0.2, -0.15) is 0 Å². The van der Waals surface area contributed by atoms with Gasteiger partial charge in [-0.25, -0.2) is 0 Å². The van der Waals surface area contributed by atoms with Gasteiger partial charge in [-0.1, -0.05) is 24.2 Å². The molecule has 0 aliphatic carbocycles. The fraction of sp³-hybridized carbons (Fsp3) is 0.467. The lowest BCUT2D eigenvalue weighted by atomic mass is 9.79. The van der Waals surface area contributed by atoms with E-state index in [1.54, 1.807) is 0 Å². The summed E-state index contributed by atoms with van der Waals surface area (Å²) >= 11 is 3.48. The molecule has 5 nitrogen and oxygen atoms in total. The third-order valence-corrected chi connectivity index (χ3v) is 5.36. The quantitative estimate of drug-likeness (QED) is 0.371. The van der Waals surface area contributed by atoms with Crippen LogP contribution in [-0.4, -0.2) is 34.9 Å². The molecule has 0 saturated carbocycles. The van der Waals surface area contributed by atoms with Gasteiger partial charge in [0.05, 0.1) is 5.56 Å². The monoisotopic (exact) mass is 353 g/mol. The van der Waals surface area contributed by atoms with Crippen molar-refractivity contribution in [1.82, 2.24) is 4.90 Å². The highest BCUT2D eigenvalue weighted by Gasteiger charge is 2.36. The maximum absolute atomic E-state index is 12.6. The number of benzene rings is 1. The number of oxime groups is 1. The Morgan fingerprint density at radius 3 is 2.62 bits per heavy atom. The highest BCUT2D eigenvalue weighted by Crippen LogP contribution is 2.32. The predicted molar refractivity (Wildman–Crippen MR) is 85.5 cm³/mol. The van der Waals surface area contributed by atoms with Crippen molar-refractivity contribution in [2.75, 3.05) is 13.1 Å². The maximum atomic E-state index is 12.6. The minimum Gasteiger partial charge on any atom is -0.409 e. The van der Waals surface area contributed by atoms with Crippen LogP contribution in [0.2, 0.25) is 0 Å². The van der Waals surface area contributed by atoms with E-state index in [2.05, 4.69) is 21.1 Å². The highest BCUT2D eigenvalue weighted by atomic mass is 79.9. The lowest BCUT2D eigenvalue weighted by Crippen LogP contribution is -2.47. The first kappa shape index (κ1) is 15.8. The van der Waals surface area contributed by atoms with Crippen LogP contribution >= 0.6 is 15.9 Å². The van der Waals surface area contributed by atoms with Crippen LogP contribution in [0, 0.1) is 12.3 Å². The number of halogens is 1. The molecule has 114 valence electrons. The van der Waals surface area contributed by atoms with E-state index in [0.29, 0.717) is 31.5 Å². The molecule has 1 fully saturated rings. The molecular weight excluding hydrogens is 334 g/mol. The summed E-state index contributed by atoms with van der Waals surface area (Å²) in [6.07, 6.45) is 1.39. The molecule has 0 atom stereocenters. The Kier molecular flexibility index (Phi) is 4.56. The molecule has 0 unspecified atom stereocenters. The molecule has 2 rings (SSSR count). The van der Waals surface area contributed by atoms with E-state index >= 15 is 0 Å². The highest BCUT2D eigenvalue weighted by molar-refractivity contribution is 9.10. The van der Waals surface area contributed by atoms with Crippen LogP contribution in [0.4, 0.5) is 0 Å². The molecular formula is C15H20BrN3O2. The van der Waals surface area contributed by atoms with Crippen molar-refractivity contribution in [3.05, 3.63) is 33.8 Å². The molecule has 1 aromatic rings. The fourth-order valence-corrected chi connectivity index (χ4v) is 3.00. The number of hydrogen-bond donors (Lipinski definition) is 2. The zero-order chi connectivity index (χ0) is 15.6. The third kappa shape index (κ3) is 3.05. The Balaban J connectivity index is 2.12. The fourth-order valence-electron chi connectivity index (χ4n) is 2.56. The lowest BCUT2D eigenvalue weighted by molar-refractivity contribution is 0.0665. The van der Waals surface area contributed by atoms with Crippen molar-refractivity contribution >= 4 is 27.7 Å². The predicted octanol–water partition coefficient (Wildman–Crippen LogP) is 2.75. The smallest absolute Gasteiger partial charge is 0.255 e. The molecule has 0 aromatic heterocycles. The van der Waals surface area contributed by atoms with E-state index in [0.717, 1.165) is 10.0 Å². The van der Waals surface area contributed by atoms with Crippen LogP contribution in [0.3, 0.4) is 0 Å². The molecule has 0 radical (unpaired) electrons. The molecule has 3 N–H and O–H groups in total. The second kappa shape index (κ2) is 6.05. The Morgan fingerprint density at radius 1 is 1.43 bits per heavy atom. The number of nitrogens with two attached hydrogens (primary N) is 1. The Labute approximate surface area is 132 Å². The summed E-state index contributed by atoms with van der Waals surface area (Å²) in [7, 11) is 0. The van der Waals surface area contributed by atoms with E-state index < -0.39 is 0 Å². The van der Waals surface area contributed by atoms with Crippen LogP contribution in [0.15, 0.2) is 27.8 Å². The van der Waals surface area contributed by atoms with Gasteiger partial charge in [0.1, 0.15) is 5.84 Å². The Hall–Kier alpha value is -1.56. The zero-order valence-electron chi connectivity index (χ0n) is 12.3. The standard InChI is InChI=1S/C15H20BrN3O2/c1-10-4-3-5-11(12(10)16)13(20)19-8-6-15(2,7-9-19)14(17)18-21/h3-5,21H,6-9H2,1-2H3,(H2,17,18). The Morgan fingerprint density at radius 2 is 2.05 bits per heavy atom. The van der Waals surface area contributed by atoms with Crippen molar-refractivity contribution < 1.29 is 10.0 Å². The first-order chi connectivity index (χ1) is 9.89. The number of amidine groups is 1. The van der Waals surface area contributed by atoms with Crippen molar-refractivity contribution in [1.29, 1.82) is 0 Å². The summed E-state index contributed by atoms with van der Waals surface area (Å²) in [5.74, 6) is 0.262. The molecule has 0 spiro atoms. The first-order valence-corrected chi connectivity index (χ1v) is 7.71. The van der Waals surface area contributed by atoms with Crippen molar-refractivity contribution in [3.63, 3.8) is 0 Å². The van der Waals surface area contributed by atoms with Gasteiger partial charge in [-0.05, 0) is 47.3 Å². The van der Waals surface area contributed by atoms with E-state index in [1.165, 1.54) is 0 Å². The topological polar surface area (TPSA) is 78.9 Å². The number of aryl methyl sites for hydroxylation is 1. The second-order valence-electron chi connectivity index (χ2n) is 5.77. The molecule has 1 aromatic carbocycles. The van der Waals surface area contributed by atoms with Crippen LogP contribution in [-0.2, 0) is 0 Å². The molecule has 1 saturated heterocycles. The molecule has 1 aliphatic rings. The van der Waals surface area contributed by atoms with E-state index in [1.807, 2.05) is 36.9 Å². The van der Waals surface area contributed by atoms with Crippen LogP contribution in [0.25, 0.3) is 0 Å². The van der Waals surface area contributed by atoms with Gasteiger partial charge in [0, 0.05) is 23.0 Å². The number of amides is 1. The normalized spacial score (nSPS) is 18.6. The summed E-state index contributed by atoms with van der Waals surface area (Å²) in [5, 5.41) is 12.0. The molecule has 1 amide bonds. The number of carbonyl (C=O) groups excluding carboxylic acids is 1. The Bertz CT molecular complexity index is 578. The largest absolute Gasteiger partial charge is 0.409 e. The van der Waals surface area contributed by atoms with Crippen LogP contribution in [0.1, 0.15) is 35.7 Å².